The summed E-state index contributed by atoms with van der Waals surface area (Å²) in [5.74, 6) is 0.566. The smallest absolute Gasteiger partial charge is 0.246 e. The summed E-state index contributed by atoms with van der Waals surface area (Å²) in [5.41, 5.74) is 1.09. The highest BCUT2D eigenvalue weighted by Crippen LogP contribution is 2.15. The summed E-state index contributed by atoms with van der Waals surface area (Å²) < 4.78 is 5.44. The number of rotatable bonds is 7. The summed E-state index contributed by atoms with van der Waals surface area (Å²) in [4.78, 5) is 14.2. The average Bonchev–Trinajstić information content (AvgIpc) is 2.54. The minimum atomic E-state index is -0.0143. The molecule has 4 heteroatoms. The third-order valence-corrected chi connectivity index (χ3v) is 3.98. The van der Waals surface area contributed by atoms with Crippen molar-refractivity contribution in [3.05, 3.63) is 35.9 Å². The first-order chi connectivity index (χ1) is 10.3. The second-order valence-electron chi connectivity index (χ2n) is 5.68. The van der Waals surface area contributed by atoms with E-state index in [0.717, 1.165) is 25.2 Å². The molecule has 0 bridgehead atoms. The van der Waals surface area contributed by atoms with E-state index in [1.807, 2.05) is 30.3 Å². The van der Waals surface area contributed by atoms with Gasteiger partial charge in [-0.15, -0.1) is 0 Å². The molecule has 0 unspecified atom stereocenters. The number of hydrogen-bond acceptors (Lipinski definition) is 3. The van der Waals surface area contributed by atoms with Gasteiger partial charge < -0.3 is 15.0 Å². The maximum atomic E-state index is 11.8. The van der Waals surface area contributed by atoms with Crippen molar-refractivity contribution in [3.8, 4) is 0 Å². The number of likely N-dealkylation sites (tertiary alicyclic amines) is 1. The number of amides is 1. The Morgan fingerprint density at radius 1 is 1.38 bits per heavy atom. The van der Waals surface area contributed by atoms with Crippen LogP contribution in [-0.2, 0) is 16.1 Å². The SMILES string of the molecule is CCN1CCC[C@H](CNC(=O)COCc2ccccc2)C1. The van der Waals surface area contributed by atoms with Gasteiger partial charge in [0.15, 0.2) is 0 Å². The van der Waals surface area contributed by atoms with E-state index in [1.54, 1.807) is 0 Å². The Kier molecular flexibility index (Phi) is 6.70. The normalized spacial score (nSPS) is 19.4. The van der Waals surface area contributed by atoms with Gasteiger partial charge in [-0.2, -0.15) is 0 Å². The van der Waals surface area contributed by atoms with Crippen LogP contribution < -0.4 is 5.32 Å². The van der Waals surface area contributed by atoms with Crippen LogP contribution in [0.25, 0.3) is 0 Å². The Hall–Kier alpha value is -1.39. The monoisotopic (exact) mass is 290 g/mol. The largest absolute Gasteiger partial charge is 0.367 e. The van der Waals surface area contributed by atoms with Crippen molar-refractivity contribution in [1.29, 1.82) is 0 Å². The van der Waals surface area contributed by atoms with Gasteiger partial charge in [-0.1, -0.05) is 37.3 Å². The van der Waals surface area contributed by atoms with Crippen LogP contribution in [-0.4, -0.2) is 43.6 Å². The first-order valence-electron chi connectivity index (χ1n) is 7.88. The maximum Gasteiger partial charge on any atom is 0.246 e. The van der Waals surface area contributed by atoms with E-state index in [1.165, 1.54) is 19.4 Å². The van der Waals surface area contributed by atoms with Crippen molar-refractivity contribution in [3.63, 3.8) is 0 Å². The third kappa shape index (κ3) is 5.86. The highest BCUT2D eigenvalue weighted by Gasteiger charge is 2.18. The Bertz CT molecular complexity index is 422. The van der Waals surface area contributed by atoms with Gasteiger partial charge in [0.2, 0.25) is 5.91 Å². The van der Waals surface area contributed by atoms with Crippen molar-refractivity contribution < 1.29 is 9.53 Å². The van der Waals surface area contributed by atoms with Crippen LogP contribution >= 0.6 is 0 Å². The van der Waals surface area contributed by atoms with Crippen LogP contribution in [0.1, 0.15) is 25.3 Å². The Labute approximate surface area is 127 Å². The second-order valence-corrected chi connectivity index (χ2v) is 5.68. The molecule has 0 saturated carbocycles. The fraction of sp³-hybridized carbons (Fsp3) is 0.588. The lowest BCUT2D eigenvalue weighted by Gasteiger charge is -2.31. The van der Waals surface area contributed by atoms with E-state index in [4.69, 9.17) is 4.74 Å². The van der Waals surface area contributed by atoms with Crippen molar-refractivity contribution in [2.75, 3.05) is 32.8 Å². The van der Waals surface area contributed by atoms with Gasteiger partial charge in [0.25, 0.3) is 0 Å². The van der Waals surface area contributed by atoms with Crippen molar-refractivity contribution in [1.82, 2.24) is 10.2 Å². The molecular weight excluding hydrogens is 264 g/mol. The van der Waals surface area contributed by atoms with Gasteiger partial charge in [0.1, 0.15) is 6.61 Å². The Balaban J connectivity index is 1.59. The number of nitrogens with one attached hydrogen (secondary N) is 1. The van der Waals surface area contributed by atoms with E-state index in [0.29, 0.717) is 12.5 Å². The van der Waals surface area contributed by atoms with Crippen LogP contribution in [0.3, 0.4) is 0 Å². The van der Waals surface area contributed by atoms with E-state index >= 15 is 0 Å². The number of ether oxygens (including phenoxy) is 1. The lowest BCUT2D eigenvalue weighted by Crippen LogP contribution is -2.41. The number of hydrogen-bond donors (Lipinski definition) is 1. The van der Waals surface area contributed by atoms with Crippen LogP contribution in [0.2, 0.25) is 0 Å². The van der Waals surface area contributed by atoms with Gasteiger partial charge in [-0.05, 0) is 37.4 Å². The van der Waals surface area contributed by atoms with Crippen LogP contribution in [0.4, 0.5) is 0 Å². The highest BCUT2D eigenvalue weighted by atomic mass is 16.5. The van der Waals surface area contributed by atoms with Crippen molar-refractivity contribution in [2.45, 2.75) is 26.4 Å². The lowest BCUT2D eigenvalue weighted by molar-refractivity contribution is -0.126. The summed E-state index contributed by atoms with van der Waals surface area (Å²) in [6.07, 6.45) is 2.44. The molecule has 1 aliphatic rings. The van der Waals surface area contributed by atoms with E-state index in [-0.39, 0.29) is 12.5 Å². The molecule has 21 heavy (non-hydrogen) atoms. The summed E-state index contributed by atoms with van der Waals surface area (Å²) >= 11 is 0. The molecule has 1 amide bonds. The first kappa shape index (κ1) is 16.0. The molecule has 1 N–H and O–H groups in total. The molecule has 1 heterocycles. The zero-order valence-electron chi connectivity index (χ0n) is 12.9. The maximum absolute atomic E-state index is 11.8. The predicted molar refractivity (Wildman–Crippen MR) is 83.9 cm³/mol. The molecule has 4 nitrogen and oxygen atoms in total. The number of benzene rings is 1. The van der Waals surface area contributed by atoms with E-state index in [2.05, 4.69) is 17.1 Å². The molecule has 1 saturated heterocycles. The minimum Gasteiger partial charge on any atom is -0.367 e. The zero-order valence-corrected chi connectivity index (χ0v) is 12.9. The Morgan fingerprint density at radius 3 is 2.95 bits per heavy atom. The molecule has 116 valence electrons. The number of carbonyl (C=O) groups is 1. The standard InChI is InChI=1S/C17H26N2O2/c1-2-19-10-6-9-16(12-19)11-18-17(20)14-21-13-15-7-4-3-5-8-15/h3-5,7-8,16H,2,6,9-14H2,1H3,(H,18,20)/t16-/m1/s1. The van der Waals surface area contributed by atoms with Crippen LogP contribution in [0.5, 0.6) is 0 Å². The minimum absolute atomic E-state index is 0.0143. The molecule has 2 rings (SSSR count). The molecule has 0 aliphatic carbocycles. The Morgan fingerprint density at radius 2 is 2.19 bits per heavy atom. The van der Waals surface area contributed by atoms with Gasteiger partial charge >= 0.3 is 0 Å². The van der Waals surface area contributed by atoms with Gasteiger partial charge in [-0.25, -0.2) is 0 Å². The second kappa shape index (κ2) is 8.80. The topological polar surface area (TPSA) is 41.6 Å². The molecule has 1 fully saturated rings. The predicted octanol–water partition coefficient (Wildman–Crippen LogP) is 2.05. The first-order valence-corrected chi connectivity index (χ1v) is 7.88. The molecule has 1 atom stereocenters. The van der Waals surface area contributed by atoms with E-state index < -0.39 is 0 Å². The average molecular weight is 290 g/mol. The summed E-state index contributed by atoms with van der Waals surface area (Å²) in [6.45, 7) is 6.98. The van der Waals surface area contributed by atoms with Crippen LogP contribution in [0, 0.1) is 5.92 Å². The van der Waals surface area contributed by atoms with Gasteiger partial charge in [0.05, 0.1) is 6.61 Å². The summed E-state index contributed by atoms with van der Waals surface area (Å²) in [7, 11) is 0. The highest BCUT2D eigenvalue weighted by molar-refractivity contribution is 5.77. The molecule has 0 aromatic heterocycles. The summed E-state index contributed by atoms with van der Waals surface area (Å²) in [5, 5.41) is 2.99. The summed E-state index contributed by atoms with van der Waals surface area (Å²) in [6, 6.07) is 9.92. The van der Waals surface area contributed by atoms with E-state index in [9.17, 15) is 4.79 Å². The number of nitrogens with zero attached hydrogens (tertiary/aromatic N) is 1. The molecular formula is C17H26N2O2. The quantitative estimate of drug-likeness (QED) is 0.835. The zero-order chi connectivity index (χ0) is 14.9. The molecule has 1 aliphatic heterocycles. The number of carbonyl (C=O) groups excluding carboxylic acids is 1. The molecule has 1 aromatic rings. The molecule has 0 radical (unpaired) electrons. The lowest BCUT2D eigenvalue weighted by atomic mass is 9.98. The molecule has 1 aromatic carbocycles. The van der Waals surface area contributed by atoms with Gasteiger partial charge in [0, 0.05) is 13.1 Å². The number of piperidine rings is 1. The fourth-order valence-corrected chi connectivity index (χ4v) is 2.75. The molecule has 0 spiro atoms. The fourth-order valence-electron chi connectivity index (χ4n) is 2.75. The van der Waals surface area contributed by atoms with Crippen molar-refractivity contribution >= 4 is 5.91 Å². The third-order valence-electron chi connectivity index (χ3n) is 3.98. The van der Waals surface area contributed by atoms with Crippen LogP contribution in [0.15, 0.2) is 30.3 Å². The van der Waals surface area contributed by atoms with Crippen molar-refractivity contribution in [2.24, 2.45) is 5.92 Å². The van der Waals surface area contributed by atoms with Gasteiger partial charge in [-0.3, -0.25) is 4.79 Å².